The summed E-state index contributed by atoms with van der Waals surface area (Å²) in [7, 11) is 0. The number of benzene rings is 1. The van der Waals surface area contributed by atoms with Crippen molar-refractivity contribution in [1.29, 1.82) is 0 Å². The molecular formula is C19H26N4O. The van der Waals surface area contributed by atoms with Gasteiger partial charge in [0.05, 0.1) is 0 Å². The van der Waals surface area contributed by atoms with Gasteiger partial charge in [-0.15, -0.1) is 12.3 Å². The Morgan fingerprint density at radius 2 is 2.12 bits per heavy atom. The first-order chi connectivity index (χ1) is 11.4. The topological polar surface area (TPSA) is 79.8 Å². The Labute approximate surface area is 144 Å². The monoisotopic (exact) mass is 326 g/mol. The minimum atomic E-state index is -0.346. The van der Waals surface area contributed by atoms with Crippen LogP contribution in [-0.4, -0.2) is 24.2 Å². The van der Waals surface area contributed by atoms with Gasteiger partial charge < -0.3 is 11.1 Å². The molecule has 0 aliphatic carbocycles. The van der Waals surface area contributed by atoms with Gasteiger partial charge in [0, 0.05) is 38.3 Å². The standard InChI is InChI=1S/C19H26N4O/c1-4-5-8-19(22-23-19)9-10-21-18(24)13-17(20)12-16-7-6-14(2)11-15(16)3/h1,6-7,11,17H,5,8-10,12-13,20H2,2-3H3,(H,21,24). The Hall–Kier alpha value is -2.19. The second-order valence-corrected chi connectivity index (χ2v) is 6.58. The lowest BCUT2D eigenvalue weighted by molar-refractivity contribution is -0.121. The minimum absolute atomic E-state index is 0.0278. The maximum atomic E-state index is 12.0. The van der Waals surface area contributed by atoms with E-state index in [0.717, 1.165) is 6.42 Å². The highest BCUT2D eigenvalue weighted by Crippen LogP contribution is 2.35. The van der Waals surface area contributed by atoms with E-state index in [1.54, 1.807) is 0 Å². The first-order valence-electron chi connectivity index (χ1n) is 8.40. The highest BCUT2D eigenvalue weighted by Gasteiger charge is 2.38. The van der Waals surface area contributed by atoms with Crippen molar-refractivity contribution < 1.29 is 4.79 Å². The predicted octanol–water partition coefficient (Wildman–Crippen LogP) is 2.65. The van der Waals surface area contributed by atoms with Crippen molar-refractivity contribution in [2.45, 2.75) is 57.7 Å². The van der Waals surface area contributed by atoms with E-state index in [9.17, 15) is 4.79 Å². The molecule has 1 unspecified atom stereocenters. The zero-order valence-corrected chi connectivity index (χ0v) is 14.5. The summed E-state index contributed by atoms with van der Waals surface area (Å²) in [6.45, 7) is 4.69. The van der Waals surface area contributed by atoms with Gasteiger partial charge in [-0.3, -0.25) is 4.79 Å². The summed E-state index contributed by atoms with van der Waals surface area (Å²) < 4.78 is 0. The SMILES string of the molecule is C#CCCC1(CCNC(=O)CC(N)Cc2ccc(C)cc2C)N=N1. The van der Waals surface area contributed by atoms with Crippen molar-refractivity contribution in [2.75, 3.05) is 6.54 Å². The van der Waals surface area contributed by atoms with Crippen LogP contribution in [0.25, 0.3) is 0 Å². The molecule has 1 aromatic carbocycles. The normalized spacial score (nSPS) is 15.6. The number of carbonyl (C=O) groups excluding carboxylic acids is 1. The van der Waals surface area contributed by atoms with E-state index in [1.807, 2.05) is 0 Å². The number of aryl methyl sites for hydroxylation is 2. The number of nitrogens with zero attached hydrogens (tertiary/aromatic N) is 2. The van der Waals surface area contributed by atoms with Gasteiger partial charge in [0.1, 0.15) is 0 Å². The highest BCUT2D eigenvalue weighted by atomic mass is 16.1. The Morgan fingerprint density at radius 3 is 2.75 bits per heavy atom. The average Bonchev–Trinajstić information content (AvgIpc) is 3.28. The van der Waals surface area contributed by atoms with Gasteiger partial charge in [0.25, 0.3) is 0 Å². The summed E-state index contributed by atoms with van der Waals surface area (Å²) in [6.07, 6.45) is 8.39. The van der Waals surface area contributed by atoms with Crippen LogP contribution in [0.1, 0.15) is 42.4 Å². The lowest BCUT2D eigenvalue weighted by Gasteiger charge is -2.15. The van der Waals surface area contributed by atoms with E-state index >= 15 is 0 Å². The molecular weight excluding hydrogens is 300 g/mol. The number of hydrogen-bond acceptors (Lipinski definition) is 4. The third kappa shape index (κ3) is 5.47. The number of carbonyl (C=O) groups is 1. The highest BCUT2D eigenvalue weighted by molar-refractivity contribution is 5.76. The van der Waals surface area contributed by atoms with Gasteiger partial charge in [0.2, 0.25) is 5.91 Å². The molecule has 0 fully saturated rings. The van der Waals surface area contributed by atoms with Crippen LogP contribution in [0, 0.1) is 26.2 Å². The van der Waals surface area contributed by atoms with E-state index in [0.29, 0.717) is 32.2 Å². The van der Waals surface area contributed by atoms with Crippen LogP contribution in [0.3, 0.4) is 0 Å². The van der Waals surface area contributed by atoms with E-state index in [4.69, 9.17) is 12.2 Å². The fourth-order valence-electron chi connectivity index (χ4n) is 2.81. The van der Waals surface area contributed by atoms with E-state index in [2.05, 4.69) is 53.5 Å². The molecule has 0 saturated heterocycles. The van der Waals surface area contributed by atoms with Crippen molar-refractivity contribution >= 4 is 5.91 Å². The first-order valence-corrected chi connectivity index (χ1v) is 8.40. The molecule has 1 amide bonds. The van der Waals surface area contributed by atoms with Gasteiger partial charge in [-0.05, 0) is 31.4 Å². The molecule has 0 bridgehead atoms. The molecule has 5 heteroatoms. The number of nitrogens with two attached hydrogens (primary N) is 1. The zero-order valence-electron chi connectivity index (χ0n) is 14.5. The van der Waals surface area contributed by atoms with Crippen LogP contribution in [-0.2, 0) is 11.2 Å². The van der Waals surface area contributed by atoms with Crippen molar-refractivity contribution in [1.82, 2.24) is 5.32 Å². The summed E-state index contributed by atoms with van der Waals surface area (Å²) in [6, 6.07) is 6.12. The maximum Gasteiger partial charge on any atom is 0.221 e. The molecule has 0 radical (unpaired) electrons. The smallest absolute Gasteiger partial charge is 0.221 e. The number of rotatable bonds is 9. The lowest BCUT2D eigenvalue weighted by Crippen LogP contribution is -2.34. The van der Waals surface area contributed by atoms with Crippen LogP contribution in [0.4, 0.5) is 0 Å². The molecule has 0 saturated carbocycles. The van der Waals surface area contributed by atoms with Crippen LogP contribution in [0.15, 0.2) is 28.4 Å². The molecule has 5 nitrogen and oxygen atoms in total. The van der Waals surface area contributed by atoms with Crippen molar-refractivity contribution in [3.8, 4) is 12.3 Å². The third-order valence-electron chi connectivity index (χ3n) is 4.33. The van der Waals surface area contributed by atoms with Crippen LogP contribution in [0.2, 0.25) is 0 Å². The van der Waals surface area contributed by atoms with Crippen molar-refractivity contribution in [2.24, 2.45) is 16.0 Å². The Bertz CT molecular complexity index is 654. The number of nitrogens with one attached hydrogen (secondary N) is 1. The van der Waals surface area contributed by atoms with Gasteiger partial charge in [-0.25, -0.2) is 0 Å². The van der Waals surface area contributed by atoms with Crippen LogP contribution in [0.5, 0.6) is 0 Å². The predicted molar refractivity (Wildman–Crippen MR) is 95.5 cm³/mol. The molecule has 0 spiro atoms. The summed E-state index contributed by atoms with van der Waals surface area (Å²) in [5.41, 5.74) is 9.44. The molecule has 128 valence electrons. The lowest BCUT2D eigenvalue weighted by atomic mass is 9.98. The summed E-state index contributed by atoms with van der Waals surface area (Å²) >= 11 is 0. The number of amides is 1. The summed E-state index contributed by atoms with van der Waals surface area (Å²) in [4.78, 5) is 12.0. The molecule has 2 rings (SSSR count). The second-order valence-electron chi connectivity index (χ2n) is 6.58. The van der Waals surface area contributed by atoms with Crippen molar-refractivity contribution in [3.05, 3.63) is 34.9 Å². The second kappa shape index (κ2) is 8.07. The molecule has 24 heavy (non-hydrogen) atoms. The van der Waals surface area contributed by atoms with E-state index < -0.39 is 0 Å². The molecule has 1 aromatic rings. The Balaban J connectivity index is 1.69. The third-order valence-corrected chi connectivity index (χ3v) is 4.33. The van der Waals surface area contributed by atoms with Crippen molar-refractivity contribution in [3.63, 3.8) is 0 Å². The van der Waals surface area contributed by atoms with E-state index in [1.165, 1.54) is 16.7 Å². The fraction of sp³-hybridized carbons (Fsp3) is 0.526. The molecule has 0 aromatic heterocycles. The zero-order chi connectivity index (χ0) is 17.6. The number of hydrogen-bond donors (Lipinski definition) is 2. The molecule has 1 heterocycles. The van der Waals surface area contributed by atoms with Gasteiger partial charge in [-0.2, -0.15) is 10.2 Å². The Morgan fingerprint density at radius 1 is 1.38 bits per heavy atom. The minimum Gasteiger partial charge on any atom is -0.356 e. The Kier molecular flexibility index (Phi) is 6.10. The quantitative estimate of drug-likeness (QED) is 0.684. The molecule has 3 N–H and O–H groups in total. The molecule has 1 aliphatic rings. The summed E-state index contributed by atoms with van der Waals surface area (Å²) in [5.74, 6) is 2.57. The summed E-state index contributed by atoms with van der Waals surface area (Å²) in [5, 5.41) is 11.0. The van der Waals surface area contributed by atoms with Crippen LogP contribution < -0.4 is 11.1 Å². The van der Waals surface area contributed by atoms with Crippen LogP contribution >= 0.6 is 0 Å². The number of terminal acetylenes is 1. The average molecular weight is 326 g/mol. The maximum absolute atomic E-state index is 12.0. The van der Waals surface area contributed by atoms with Gasteiger partial charge >= 0.3 is 0 Å². The first kappa shape index (κ1) is 18.2. The fourth-order valence-corrected chi connectivity index (χ4v) is 2.81. The van der Waals surface area contributed by atoms with Gasteiger partial charge in [0.15, 0.2) is 5.66 Å². The molecule has 1 atom stereocenters. The largest absolute Gasteiger partial charge is 0.356 e. The molecule has 1 aliphatic heterocycles. The van der Waals surface area contributed by atoms with E-state index in [-0.39, 0.29) is 17.6 Å². The van der Waals surface area contributed by atoms with Gasteiger partial charge in [-0.1, -0.05) is 23.8 Å².